The lowest BCUT2D eigenvalue weighted by molar-refractivity contribution is 0.234. The van der Waals surface area contributed by atoms with Crippen LogP contribution in [0.2, 0.25) is 5.02 Å². The van der Waals surface area contributed by atoms with Gasteiger partial charge < -0.3 is 20.1 Å². The summed E-state index contributed by atoms with van der Waals surface area (Å²) < 4.78 is 10.6. The number of carbonyl (C=O) groups is 1. The predicted molar refractivity (Wildman–Crippen MR) is 86.8 cm³/mol. The lowest BCUT2D eigenvalue weighted by Gasteiger charge is -2.13. The highest BCUT2D eigenvalue weighted by Crippen LogP contribution is 2.30. The smallest absolute Gasteiger partial charge is 0.321 e. The van der Waals surface area contributed by atoms with Crippen molar-refractivity contribution < 1.29 is 14.3 Å². The molecule has 2 rings (SSSR count). The molecule has 0 bridgehead atoms. The first-order valence-corrected chi connectivity index (χ1v) is 7.05. The normalized spacial score (nSPS) is 9.95. The number of nitrogens with one attached hydrogen (secondary N) is 2. The van der Waals surface area contributed by atoms with Crippen molar-refractivity contribution in [2.24, 2.45) is 0 Å². The molecule has 22 heavy (non-hydrogen) atoms. The fourth-order valence-corrected chi connectivity index (χ4v) is 1.95. The summed E-state index contributed by atoms with van der Waals surface area (Å²) in [6.07, 6.45) is 0. The number of methoxy groups -OCH3 is 1. The van der Waals surface area contributed by atoms with Gasteiger partial charge in [-0.1, -0.05) is 29.8 Å². The van der Waals surface area contributed by atoms with E-state index < -0.39 is 6.03 Å². The molecule has 0 heterocycles. The van der Waals surface area contributed by atoms with Gasteiger partial charge in [0.1, 0.15) is 11.5 Å². The monoisotopic (exact) mass is 320 g/mol. The Bertz CT molecular complexity index is 647. The van der Waals surface area contributed by atoms with Gasteiger partial charge in [-0.25, -0.2) is 4.79 Å². The van der Waals surface area contributed by atoms with Crippen molar-refractivity contribution >= 4 is 23.3 Å². The molecule has 0 saturated carbocycles. The number of hydrogen-bond donors (Lipinski definition) is 2. The lowest BCUT2D eigenvalue weighted by Crippen LogP contribution is -2.32. The van der Waals surface area contributed by atoms with Crippen LogP contribution in [0.1, 0.15) is 5.56 Å². The van der Waals surface area contributed by atoms with Crippen molar-refractivity contribution in [3.8, 4) is 11.5 Å². The minimum Gasteiger partial charge on any atom is -0.495 e. The van der Waals surface area contributed by atoms with Crippen LogP contribution in [-0.4, -0.2) is 19.9 Å². The van der Waals surface area contributed by atoms with Gasteiger partial charge in [-0.05, 0) is 30.7 Å². The highest BCUT2D eigenvalue weighted by atomic mass is 35.5. The molecule has 0 spiro atoms. The average molecular weight is 321 g/mol. The van der Waals surface area contributed by atoms with E-state index in [0.29, 0.717) is 22.2 Å². The molecular weight excluding hydrogens is 304 g/mol. The first-order valence-electron chi connectivity index (χ1n) is 6.67. The number of amides is 2. The maximum absolute atomic E-state index is 11.9. The number of ether oxygens (including phenoxy) is 2. The Labute approximate surface area is 134 Å². The van der Waals surface area contributed by atoms with Crippen LogP contribution < -0.4 is 20.1 Å². The first-order chi connectivity index (χ1) is 10.6. The van der Waals surface area contributed by atoms with E-state index in [1.807, 2.05) is 37.3 Å². The summed E-state index contributed by atoms with van der Waals surface area (Å²) in [6, 6.07) is 12.2. The molecule has 0 unspecified atom stereocenters. The Kier molecular flexibility index (Phi) is 5.49. The Balaban J connectivity index is 1.90. The van der Waals surface area contributed by atoms with Gasteiger partial charge in [0, 0.05) is 11.1 Å². The van der Waals surface area contributed by atoms with Crippen LogP contribution in [0.15, 0.2) is 42.5 Å². The van der Waals surface area contributed by atoms with Gasteiger partial charge in [-0.3, -0.25) is 0 Å². The van der Waals surface area contributed by atoms with Gasteiger partial charge in [0.05, 0.1) is 12.8 Å². The van der Waals surface area contributed by atoms with Crippen LogP contribution >= 0.6 is 11.6 Å². The van der Waals surface area contributed by atoms with Crippen LogP contribution in [0, 0.1) is 6.92 Å². The molecule has 0 fully saturated rings. The zero-order valence-corrected chi connectivity index (χ0v) is 13.1. The molecule has 0 aliphatic rings. The molecule has 0 aromatic heterocycles. The molecule has 2 aromatic rings. The van der Waals surface area contributed by atoms with Gasteiger partial charge >= 0.3 is 6.03 Å². The Morgan fingerprint density at radius 1 is 1.23 bits per heavy atom. The molecule has 2 N–H and O–H groups in total. The number of carbonyl (C=O) groups excluding carboxylic acids is 1. The highest BCUT2D eigenvalue weighted by Gasteiger charge is 2.10. The van der Waals surface area contributed by atoms with E-state index in [-0.39, 0.29) is 6.73 Å². The van der Waals surface area contributed by atoms with Gasteiger partial charge in [-0.2, -0.15) is 0 Å². The van der Waals surface area contributed by atoms with Gasteiger partial charge in [0.25, 0.3) is 0 Å². The quantitative estimate of drug-likeness (QED) is 0.823. The van der Waals surface area contributed by atoms with Crippen molar-refractivity contribution in [2.75, 3.05) is 19.2 Å². The minimum absolute atomic E-state index is 0.0603. The van der Waals surface area contributed by atoms with Crippen LogP contribution in [0.25, 0.3) is 0 Å². The predicted octanol–water partition coefficient (Wildman–Crippen LogP) is 3.82. The van der Waals surface area contributed by atoms with Gasteiger partial charge in [-0.15, -0.1) is 0 Å². The summed E-state index contributed by atoms with van der Waals surface area (Å²) in [5, 5.41) is 5.89. The zero-order valence-electron chi connectivity index (χ0n) is 12.4. The Morgan fingerprint density at radius 3 is 2.64 bits per heavy atom. The fraction of sp³-hybridized carbons (Fsp3) is 0.188. The van der Waals surface area contributed by atoms with Crippen LogP contribution in [0.5, 0.6) is 11.5 Å². The van der Waals surface area contributed by atoms with Crippen molar-refractivity contribution in [2.45, 2.75) is 6.92 Å². The summed E-state index contributed by atoms with van der Waals surface area (Å²) in [5.41, 5.74) is 1.39. The van der Waals surface area contributed by atoms with Crippen molar-refractivity contribution in [3.05, 3.63) is 53.1 Å². The number of urea groups is 1. The maximum Gasteiger partial charge on any atom is 0.321 e. The van der Waals surface area contributed by atoms with Crippen molar-refractivity contribution in [1.29, 1.82) is 0 Å². The van der Waals surface area contributed by atoms with Gasteiger partial charge in [0.2, 0.25) is 0 Å². The second-order valence-electron chi connectivity index (χ2n) is 4.53. The van der Waals surface area contributed by atoms with E-state index in [9.17, 15) is 4.79 Å². The molecule has 6 heteroatoms. The largest absolute Gasteiger partial charge is 0.495 e. The number of aryl methyl sites for hydroxylation is 1. The standard InChI is InChI=1S/C16H17ClN2O3/c1-11-8-14(15(21-2)9-13(11)17)19-16(20)18-10-22-12-6-4-3-5-7-12/h3-9H,10H2,1-2H3,(H2,18,19,20). The second-order valence-corrected chi connectivity index (χ2v) is 4.94. The summed E-state index contributed by atoms with van der Waals surface area (Å²) in [7, 11) is 1.52. The van der Waals surface area contributed by atoms with E-state index in [1.54, 1.807) is 12.1 Å². The number of benzene rings is 2. The van der Waals surface area contributed by atoms with Gasteiger partial charge in [0.15, 0.2) is 6.73 Å². The number of anilines is 1. The summed E-state index contributed by atoms with van der Waals surface area (Å²) >= 11 is 6.02. The van der Waals surface area contributed by atoms with Crippen LogP contribution in [-0.2, 0) is 0 Å². The molecule has 0 aliphatic heterocycles. The fourth-order valence-electron chi connectivity index (χ4n) is 1.80. The molecule has 0 saturated heterocycles. The molecule has 2 aromatic carbocycles. The number of para-hydroxylation sites is 1. The molecular formula is C16H17ClN2O3. The highest BCUT2D eigenvalue weighted by molar-refractivity contribution is 6.31. The topological polar surface area (TPSA) is 59.6 Å². The molecule has 116 valence electrons. The third kappa shape index (κ3) is 4.30. The number of rotatable bonds is 5. The van der Waals surface area contributed by atoms with Crippen LogP contribution in [0.3, 0.4) is 0 Å². The van der Waals surface area contributed by atoms with E-state index in [1.165, 1.54) is 7.11 Å². The SMILES string of the molecule is COc1cc(Cl)c(C)cc1NC(=O)NCOc1ccccc1. The lowest BCUT2D eigenvalue weighted by atomic mass is 10.2. The zero-order chi connectivity index (χ0) is 15.9. The summed E-state index contributed by atoms with van der Waals surface area (Å²) in [5.74, 6) is 1.18. The third-order valence-corrected chi connectivity index (χ3v) is 3.35. The molecule has 5 nitrogen and oxygen atoms in total. The average Bonchev–Trinajstić information content (AvgIpc) is 2.51. The Hall–Kier alpha value is -2.40. The van der Waals surface area contributed by atoms with Crippen molar-refractivity contribution in [3.63, 3.8) is 0 Å². The van der Waals surface area contributed by atoms with Crippen LogP contribution in [0.4, 0.5) is 10.5 Å². The summed E-state index contributed by atoms with van der Waals surface area (Å²) in [4.78, 5) is 11.9. The molecule has 0 radical (unpaired) electrons. The van der Waals surface area contributed by atoms with E-state index in [2.05, 4.69) is 10.6 Å². The maximum atomic E-state index is 11.9. The Morgan fingerprint density at radius 2 is 1.95 bits per heavy atom. The summed E-state index contributed by atoms with van der Waals surface area (Å²) in [6.45, 7) is 1.91. The second kappa shape index (κ2) is 7.56. The van der Waals surface area contributed by atoms with E-state index in [4.69, 9.17) is 21.1 Å². The number of halogens is 1. The number of hydrogen-bond acceptors (Lipinski definition) is 3. The molecule has 0 aliphatic carbocycles. The van der Waals surface area contributed by atoms with E-state index in [0.717, 1.165) is 5.56 Å². The minimum atomic E-state index is -0.393. The first kappa shape index (κ1) is 16.0. The van der Waals surface area contributed by atoms with E-state index >= 15 is 0 Å². The van der Waals surface area contributed by atoms with Crippen molar-refractivity contribution in [1.82, 2.24) is 5.32 Å². The molecule has 0 atom stereocenters. The third-order valence-electron chi connectivity index (χ3n) is 2.94. The molecule has 2 amide bonds.